The SMILES string of the molecule is COC(Sc1nn[nH]n1)c1ccccc1. The summed E-state index contributed by atoms with van der Waals surface area (Å²) in [7, 11) is 1.66. The average Bonchev–Trinajstić information content (AvgIpc) is 2.80. The number of rotatable bonds is 4. The molecule has 0 bridgehead atoms. The number of ether oxygens (including phenoxy) is 1. The topological polar surface area (TPSA) is 63.7 Å². The van der Waals surface area contributed by atoms with Crippen molar-refractivity contribution in [3.8, 4) is 0 Å². The van der Waals surface area contributed by atoms with Gasteiger partial charge in [-0.2, -0.15) is 5.21 Å². The Kier molecular flexibility index (Phi) is 3.31. The second-order valence-corrected chi connectivity index (χ2v) is 3.82. The first-order chi connectivity index (χ1) is 7.40. The number of hydrogen-bond acceptors (Lipinski definition) is 5. The molecule has 0 aliphatic rings. The molecule has 0 aliphatic heterocycles. The van der Waals surface area contributed by atoms with Crippen LogP contribution in [0.25, 0.3) is 0 Å². The number of thioether (sulfide) groups is 1. The largest absolute Gasteiger partial charge is 0.366 e. The molecule has 78 valence electrons. The fourth-order valence-electron chi connectivity index (χ4n) is 1.16. The Labute approximate surface area is 91.2 Å². The molecule has 5 nitrogen and oxygen atoms in total. The van der Waals surface area contributed by atoms with Gasteiger partial charge in [-0.05, 0) is 22.5 Å². The molecule has 0 spiro atoms. The molecule has 0 fully saturated rings. The number of aromatic amines is 1. The van der Waals surface area contributed by atoms with E-state index in [9.17, 15) is 0 Å². The predicted molar refractivity (Wildman–Crippen MR) is 56.2 cm³/mol. The first-order valence-corrected chi connectivity index (χ1v) is 5.26. The third kappa shape index (κ3) is 2.54. The smallest absolute Gasteiger partial charge is 0.233 e. The molecule has 1 atom stereocenters. The molecular weight excluding hydrogens is 212 g/mol. The predicted octanol–water partition coefficient (Wildman–Crippen LogP) is 1.64. The van der Waals surface area contributed by atoms with Gasteiger partial charge in [0.05, 0.1) is 0 Å². The lowest BCUT2D eigenvalue weighted by Gasteiger charge is -2.12. The van der Waals surface area contributed by atoms with Gasteiger partial charge in [0, 0.05) is 7.11 Å². The van der Waals surface area contributed by atoms with E-state index < -0.39 is 0 Å². The second-order valence-electron chi connectivity index (χ2n) is 2.79. The van der Waals surface area contributed by atoms with Crippen LogP contribution in [0.4, 0.5) is 0 Å². The highest BCUT2D eigenvalue weighted by molar-refractivity contribution is 7.99. The first-order valence-electron chi connectivity index (χ1n) is 4.38. The van der Waals surface area contributed by atoms with Crippen LogP contribution in [0.5, 0.6) is 0 Å². The fourth-order valence-corrected chi connectivity index (χ4v) is 1.92. The summed E-state index contributed by atoms with van der Waals surface area (Å²) in [6.45, 7) is 0. The van der Waals surface area contributed by atoms with Gasteiger partial charge in [0.2, 0.25) is 5.16 Å². The molecule has 1 unspecified atom stereocenters. The third-order valence-electron chi connectivity index (χ3n) is 1.82. The minimum absolute atomic E-state index is 0.108. The number of H-pyrrole nitrogens is 1. The Morgan fingerprint density at radius 3 is 2.73 bits per heavy atom. The molecule has 1 heterocycles. The molecular formula is C9H10N4OS. The molecule has 0 saturated heterocycles. The summed E-state index contributed by atoms with van der Waals surface area (Å²) in [5.74, 6) is 0. The van der Waals surface area contributed by atoms with Gasteiger partial charge in [0.1, 0.15) is 5.44 Å². The Hall–Kier alpha value is -1.40. The van der Waals surface area contributed by atoms with Gasteiger partial charge < -0.3 is 4.74 Å². The maximum Gasteiger partial charge on any atom is 0.233 e. The fraction of sp³-hybridized carbons (Fsp3) is 0.222. The van der Waals surface area contributed by atoms with Crippen molar-refractivity contribution in [1.82, 2.24) is 20.6 Å². The molecule has 1 N–H and O–H groups in total. The maximum absolute atomic E-state index is 5.35. The quantitative estimate of drug-likeness (QED) is 0.629. The molecule has 0 amide bonds. The Bertz CT molecular complexity index is 392. The highest BCUT2D eigenvalue weighted by atomic mass is 32.2. The van der Waals surface area contributed by atoms with Crippen molar-refractivity contribution in [3.63, 3.8) is 0 Å². The lowest BCUT2D eigenvalue weighted by molar-refractivity contribution is 0.175. The van der Waals surface area contributed by atoms with Crippen molar-refractivity contribution in [1.29, 1.82) is 0 Å². The van der Waals surface area contributed by atoms with Crippen LogP contribution in [0.2, 0.25) is 0 Å². The minimum atomic E-state index is -0.108. The van der Waals surface area contributed by atoms with E-state index in [-0.39, 0.29) is 5.44 Å². The van der Waals surface area contributed by atoms with E-state index in [1.54, 1.807) is 7.11 Å². The monoisotopic (exact) mass is 222 g/mol. The van der Waals surface area contributed by atoms with Crippen LogP contribution in [-0.2, 0) is 4.74 Å². The maximum atomic E-state index is 5.35. The Morgan fingerprint density at radius 1 is 1.33 bits per heavy atom. The molecule has 0 saturated carbocycles. The van der Waals surface area contributed by atoms with E-state index in [1.165, 1.54) is 11.8 Å². The van der Waals surface area contributed by atoms with E-state index in [4.69, 9.17) is 4.74 Å². The number of hydrogen-bond donors (Lipinski definition) is 1. The third-order valence-corrected chi connectivity index (χ3v) is 2.89. The summed E-state index contributed by atoms with van der Waals surface area (Å²) in [6.07, 6.45) is 0. The molecule has 0 radical (unpaired) electrons. The zero-order chi connectivity index (χ0) is 10.5. The first kappa shape index (κ1) is 10.1. The molecule has 2 aromatic rings. The van der Waals surface area contributed by atoms with Crippen molar-refractivity contribution in [3.05, 3.63) is 35.9 Å². The van der Waals surface area contributed by atoms with Gasteiger partial charge >= 0.3 is 0 Å². The number of nitrogens with zero attached hydrogens (tertiary/aromatic N) is 3. The highest BCUT2D eigenvalue weighted by Gasteiger charge is 2.13. The van der Waals surface area contributed by atoms with Crippen LogP contribution in [0, 0.1) is 0 Å². The van der Waals surface area contributed by atoms with E-state index >= 15 is 0 Å². The number of aromatic nitrogens is 4. The molecule has 1 aromatic heterocycles. The second kappa shape index (κ2) is 4.90. The zero-order valence-electron chi connectivity index (χ0n) is 8.12. The Balaban J connectivity index is 2.12. The van der Waals surface area contributed by atoms with Crippen LogP contribution in [-0.4, -0.2) is 27.7 Å². The van der Waals surface area contributed by atoms with Crippen LogP contribution in [0.3, 0.4) is 0 Å². The van der Waals surface area contributed by atoms with Gasteiger partial charge in [0.15, 0.2) is 0 Å². The van der Waals surface area contributed by atoms with E-state index in [2.05, 4.69) is 20.6 Å². The number of methoxy groups -OCH3 is 1. The van der Waals surface area contributed by atoms with Crippen LogP contribution >= 0.6 is 11.8 Å². The summed E-state index contributed by atoms with van der Waals surface area (Å²) in [5.41, 5.74) is 0.971. The summed E-state index contributed by atoms with van der Waals surface area (Å²) < 4.78 is 5.35. The van der Waals surface area contributed by atoms with E-state index in [1.807, 2.05) is 30.3 Å². The number of benzene rings is 1. The summed E-state index contributed by atoms with van der Waals surface area (Å²) in [5, 5.41) is 14.2. The highest BCUT2D eigenvalue weighted by Crippen LogP contribution is 2.32. The Morgan fingerprint density at radius 2 is 2.13 bits per heavy atom. The minimum Gasteiger partial charge on any atom is -0.366 e. The standard InChI is InChI=1S/C9H10N4OS/c1-14-8(7-5-3-2-4-6-7)15-9-10-12-13-11-9/h2-6,8H,1H3,(H,10,11,12,13). The van der Waals surface area contributed by atoms with Gasteiger partial charge in [-0.15, -0.1) is 10.2 Å². The number of nitrogens with one attached hydrogen (secondary N) is 1. The lowest BCUT2D eigenvalue weighted by atomic mass is 10.2. The van der Waals surface area contributed by atoms with Crippen LogP contribution in [0.15, 0.2) is 35.5 Å². The summed E-state index contributed by atoms with van der Waals surface area (Å²) in [6, 6.07) is 9.91. The van der Waals surface area contributed by atoms with Crippen LogP contribution in [0.1, 0.15) is 11.0 Å². The van der Waals surface area contributed by atoms with Crippen molar-refractivity contribution < 1.29 is 4.74 Å². The zero-order valence-corrected chi connectivity index (χ0v) is 8.94. The van der Waals surface area contributed by atoms with Gasteiger partial charge in [-0.1, -0.05) is 30.3 Å². The van der Waals surface area contributed by atoms with Crippen molar-refractivity contribution in [2.45, 2.75) is 10.6 Å². The average molecular weight is 222 g/mol. The van der Waals surface area contributed by atoms with Crippen molar-refractivity contribution >= 4 is 11.8 Å². The normalized spacial score (nSPS) is 12.6. The number of tetrazole rings is 1. The lowest BCUT2D eigenvalue weighted by Crippen LogP contribution is -1.96. The molecule has 15 heavy (non-hydrogen) atoms. The molecule has 0 aliphatic carbocycles. The molecule has 1 aromatic carbocycles. The van der Waals surface area contributed by atoms with Gasteiger partial charge in [0.25, 0.3) is 0 Å². The molecule has 2 rings (SSSR count). The van der Waals surface area contributed by atoms with E-state index in [0.717, 1.165) is 5.56 Å². The van der Waals surface area contributed by atoms with Crippen molar-refractivity contribution in [2.24, 2.45) is 0 Å². The molecule has 6 heteroatoms. The van der Waals surface area contributed by atoms with Crippen LogP contribution < -0.4 is 0 Å². The summed E-state index contributed by atoms with van der Waals surface area (Å²) in [4.78, 5) is 0. The summed E-state index contributed by atoms with van der Waals surface area (Å²) >= 11 is 1.41. The van der Waals surface area contributed by atoms with Gasteiger partial charge in [-0.25, -0.2) is 0 Å². The van der Waals surface area contributed by atoms with E-state index in [0.29, 0.717) is 5.16 Å². The van der Waals surface area contributed by atoms with Crippen molar-refractivity contribution in [2.75, 3.05) is 7.11 Å². The van der Waals surface area contributed by atoms with Gasteiger partial charge in [-0.3, -0.25) is 0 Å².